The number of hydrazone groups is 1. The van der Waals surface area contributed by atoms with Gasteiger partial charge in [-0.2, -0.15) is 5.10 Å². The monoisotopic (exact) mass is 422 g/mol. The average Bonchev–Trinajstić information content (AvgIpc) is 3.39. The Hall–Kier alpha value is -2.76. The highest BCUT2D eigenvalue weighted by atomic mass is 35.5. The second-order valence-corrected chi connectivity index (χ2v) is 8.35. The molecule has 1 amide bonds. The fraction of sp³-hybridized carbons (Fsp3) is 0.174. The van der Waals surface area contributed by atoms with Crippen LogP contribution in [0.15, 0.2) is 71.1 Å². The van der Waals surface area contributed by atoms with Gasteiger partial charge < -0.3 is 0 Å². The van der Waals surface area contributed by atoms with E-state index in [4.69, 9.17) is 11.6 Å². The second kappa shape index (κ2) is 8.31. The third-order valence-electron chi connectivity index (χ3n) is 4.94. The lowest BCUT2D eigenvalue weighted by Gasteiger charge is -2.22. The fourth-order valence-corrected chi connectivity index (χ4v) is 4.24. The number of thiophene rings is 1. The summed E-state index contributed by atoms with van der Waals surface area (Å²) in [4.78, 5) is 25.8. The van der Waals surface area contributed by atoms with Crippen LogP contribution in [0.1, 0.15) is 45.7 Å². The summed E-state index contributed by atoms with van der Waals surface area (Å²) >= 11 is 7.56. The van der Waals surface area contributed by atoms with E-state index in [-0.39, 0.29) is 24.2 Å². The van der Waals surface area contributed by atoms with Gasteiger partial charge in [-0.05, 0) is 41.6 Å². The lowest BCUT2D eigenvalue weighted by Crippen LogP contribution is -2.28. The number of benzene rings is 2. The largest absolute Gasteiger partial charge is 0.295 e. The van der Waals surface area contributed by atoms with Crippen LogP contribution in [0.2, 0.25) is 5.02 Å². The molecule has 0 saturated heterocycles. The summed E-state index contributed by atoms with van der Waals surface area (Å²) < 4.78 is 0. The van der Waals surface area contributed by atoms with Crippen LogP contribution < -0.4 is 0 Å². The minimum absolute atomic E-state index is 0.0224. The Kier molecular flexibility index (Phi) is 5.60. The lowest BCUT2D eigenvalue weighted by molar-refractivity contribution is -0.132. The Morgan fingerprint density at radius 1 is 1.10 bits per heavy atom. The zero-order valence-electron chi connectivity index (χ0n) is 15.8. The molecule has 146 valence electrons. The van der Waals surface area contributed by atoms with Gasteiger partial charge in [0.05, 0.1) is 23.1 Å². The number of hydrogen-bond acceptors (Lipinski definition) is 4. The number of Topliss-reactive ketones (excluding diaryl/α,β-unsaturated/α-hetero) is 1. The molecule has 2 aromatic carbocycles. The highest BCUT2D eigenvalue weighted by Crippen LogP contribution is 2.34. The first-order valence-electron chi connectivity index (χ1n) is 9.30. The summed E-state index contributed by atoms with van der Waals surface area (Å²) in [6, 6.07) is 18.5. The van der Waals surface area contributed by atoms with Crippen molar-refractivity contribution in [2.24, 2.45) is 5.10 Å². The van der Waals surface area contributed by atoms with E-state index >= 15 is 0 Å². The highest BCUT2D eigenvalue weighted by molar-refractivity contribution is 7.12. The second-order valence-electron chi connectivity index (χ2n) is 6.96. The van der Waals surface area contributed by atoms with Crippen LogP contribution in [0.25, 0.3) is 0 Å². The Morgan fingerprint density at radius 3 is 2.45 bits per heavy atom. The molecule has 2 heterocycles. The molecule has 0 fully saturated rings. The summed E-state index contributed by atoms with van der Waals surface area (Å²) in [5, 5.41) is 8.92. The van der Waals surface area contributed by atoms with Crippen molar-refractivity contribution in [1.82, 2.24) is 5.01 Å². The van der Waals surface area contributed by atoms with Crippen molar-refractivity contribution in [3.63, 3.8) is 0 Å². The molecule has 6 heteroatoms. The van der Waals surface area contributed by atoms with Crippen LogP contribution in [0.3, 0.4) is 0 Å². The molecule has 4 nitrogen and oxygen atoms in total. The maximum atomic E-state index is 13.1. The van der Waals surface area contributed by atoms with Gasteiger partial charge in [0.25, 0.3) is 0 Å². The molecule has 0 saturated carbocycles. The van der Waals surface area contributed by atoms with Gasteiger partial charge in [0.2, 0.25) is 5.91 Å². The normalized spacial score (nSPS) is 16.0. The van der Waals surface area contributed by atoms with E-state index in [1.165, 1.54) is 0 Å². The number of halogens is 1. The van der Waals surface area contributed by atoms with Crippen molar-refractivity contribution < 1.29 is 9.59 Å². The minimum atomic E-state index is -0.187. The number of hydrogen-bond donors (Lipinski definition) is 0. The molecule has 4 rings (SSSR count). The molecule has 1 aromatic heterocycles. The molecule has 0 aliphatic carbocycles. The van der Waals surface area contributed by atoms with E-state index in [9.17, 15) is 9.59 Å². The van der Waals surface area contributed by atoms with Gasteiger partial charge in [-0.1, -0.05) is 54.1 Å². The fourth-order valence-electron chi connectivity index (χ4n) is 3.39. The maximum Gasteiger partial charge on any atom is 0.247 e. The zero-order valence-corrected chi connectivity index (χ0v) is 17.4. The first kappa shape index (κ1) is 19.6. The number of rotatable bonds is 5. The molecule has 0 N–H and O–H groups in total. The van der Waals surface area contributed by atoms with Crippen LogP contribution in [-0.4, -0.2) is 22.4 Å². The smallest absolute Gasteiger partial charge is 0.247 e. The SMILES string of the molecule is CC(=O)c1ccc(C2CC(c3cccs3)=NN2C(=O)Cc2ccc(Cl)cc2)cc1. The topological polar surface area (TPSA) is 49.7 Å². The Bertz CT molecular complexity index is 1060. The molecule has 0 bridgehead atoms. The molecule has 1 aliphatic rings. The Morgan fingerprint density at radius 2 is 1.83 bits per heavy atom. The van der Waals surface area contributed by atoms with Gasteiger partial charge in [0.15, 0.2) is 5.78 Å². The predicted molar refractivity (Wildman–Crippen MR) is 117 cm³/mol. The molecule has 3 aromatic rings. The summed E-state index contributed by atoms with van der Waals surface area (Å²) in [6.07, 6.45) is 0.896. The summed E-state index contributed by atoms with van der Waals surface area (Å²) in [5.74, 6) is -0.0475. The van der Waals surface area contributed by atoms with Crippen molar-refractivity contribution in [1.29, 1.82) is 0 Å². The summed E-state index contributed by atoms with van der Waals surface area (Å²) in [5.41, 5.74) is 3.43. The average molecular weight is 423 g/mol. The van der Waals surface area contributed by atoms with Crippen molar-refractivity contribution in [3.05, 3.63) is 92.6 Å². The number of ketones is 1. The van der Waals surface area contributed by atoms with Gasteiger partial charge >= 0.3 is 0 Å². The van der Waals surface area contributed by atoms with E-state index in [0.29, 0.717) is 17.0 Å². The molecule has 1 aliphatic heterocycles. The maximum absolute atomic E-state index is 13.1. The first-order chi connectivity index (χ1) is 14.0. The molecule has 1 atom stereocenters. The number of nitrogens with zero attached hydrogens (tertiary/aromatic N) is 2. The van der Waals surface area contributed by atoms with E-state index in [1.54, 1.807) is 35.4 Å². The molecule has 0 spiro atoms. The zero-order chi connectivity index (χ0) is 20.4. The Labute approximate surface area is 178 Å². The highest BCUT2D eigenvalue weighted by Gasteiger charge is 2.33. The summed E-state index contributed by atoms with van der Waals surface area (Å²) in [6.45, 7) is 1.55. The van der Waals surface area contributed by atoms with Crippen molar-refractivity contribution in [2.45, 2.75) is 25.8 Å². The third-order valence-corrected chi connectivity index (χ3v) is 6.11. The van der Waals surface area contributed by atoms with E-state index < -0.39 is 0 Å². The quantitative estimate of drug-likeness (QED) is 0.508. The predicted octanol–water partition coefficient (Wildman–Crippen LogP) is 5.52. The molecule has 29 heavy (non-hydrogen) atoms. The van der Waals surface area contributed by atoms with Gasteiger partial charge in [-0.25, -0.2) is 5.01 Å². The number of amides is 1. The van der Waals surface area contributed by atoms with Crippen molar-refractivity contribution >= 4 is 40.3 Å². The minimum Gasteiger partial charge on any atom is -0.295 e. The van der Waals surface area contributed by atoms with Crippen LogP contribution >= 0.6 is 22.9 Å². The van der Waals surface area contributed by atoms with Gasteiger partial charge in [-0.3, -0.25) is 9.59 Å². The number of carbonyl (C=O) groups excluding carboxylic acids is 2. The van der Waals surface area contributed by atoms with Crippen LogP contribution in [-0.2, 0) is 11.2 Å². The van der Waals surface area contributed by atoms with E-state index in [1.807, 2.05) is 53.9 Å². The van der Waals surface area contributed by atoms with Crippen molar-refractivity contribution in [2.75, 3.05) is 0 Å². The number of carbonyl (C=O) groups is 2. The van der Waals surface area contributed by atoms with Crippen LogP contribution in [0, 0.1) is 0 Å². The molecule has 0 radical (unpaired) electrons. The third kappa shape index (κ3) is 4.31. The molecular weight excluding hydrogens is 404 g/mol. The van der Waals surface area contributed by atoms with Crippen LogP contribution in [0.4, 0.5) is 0 Å². The van der Waals surface area contributed by atoms with Gasteiger partial charge in [-0.15, -0.1) is 11.3 Å². The van der Waals surface area contributed by atoms with E-state index in [0.717, 1.165) is 21.7 Å². The lowest BCUT2D eigenvalue weighted by atomic mass is 9.98. The van der Waals surface area contributed by atoms with Crippen LogP contribution in [0.5, 0.6) is 0 Å². The Balaban J connectivity index is 1.62. The van der Waals surface area contributed by atoms with Gasteiger partial charge in [0, 0.05) is 17.0 Å². The van der Waals surface area contributed by atoms with E-state index in [2.05, 4.69) is 5.10 Å². The molecular formula is C23H19ClN2O2S. The first-order valence-corrected chi connectivity index (χ1v) is 10.6. The van der Waals surface area contributed by atoms with Gasteiger partial charge in [0.1, 0.15) is 0 Å². The molecule has 1 unspecified atom stereocenters. The van der Waals surface area contributed by atoms with Crippen molar-refractivity contribution in [3.8, 4) is 0 Å². The summed E-state index contributed by atoms with van der Waals surface area (Å²) in [7, 11) is 0. The standard InChI is InChI=1S/C23H19ClN2O2S/c1-15(27)17-6-8-18(9-7-17)21-14-20(22-3-2-12-29-22)25-26(21)23(28)13-16-4-10-19(24)11-5-16/h2-12,21H,13-14H2,1H3.